The fraction of sp³-hybridized carbons (Fsp3) is 0.625. The quantitative estimate of drug-likeness (QED) is 0.784. The van der Waals surface area contributed by atoms with E-state index in [1.165, 1.54) is 28.4 Å². The van der Waals surface area contributed by atoms with Crippen LogP contribution in [-0.4, -0.2) is 6.54 Å². The number of benzene rings is 1. The van der Waals surface area contributed by atoms with Crippen LogP contribution in [0.2, 0.25) is 0 Å². The zero-order chi connectivity index (χ0) is 13.8. The van der Waals surface area contributed by atoms with Crippen molar-refractivity contribution in [3.05, 3.63) is 33.8 Å². The molecule has 0 fully saturated rings. The number of hydrogen-bond donors (Lipinski definition) is 1. The maximum atomic E-state index is 3.63. The van der Waals surface area contributed by atoms with Gasteiger partial charge in [0, 0.05) is 10.5 Å². The second kappa shape index (κ2) is 6.72. The largest absolute Gasteiger partial charge is 0.310 e. The van der Waals surface area contributed by atoms with E-state index in [4.69, 9.17) is 0 Å². The van der Waals surface area contributed by atoms with Crippen LogP contribution in [0.4, 0.5) is 0 Å². The molecule has 0 saturated carbocycles. The average Bonchev–Trinajstić information content (AvgIpc) is 2.27. The molecule has 102 valence electrons. The molecule has 0 bridgehead atoms. The molecule has 1 N–H and O–H groups in total. The zero-order valence-electron chi connectivity index (χ0n) is 12.3. The fourth-order valence-electron chi connectivity index (χ4n) is 2.04. The standard InChI is InChI=1S/C16H26BrN/c1-6-18-15(9-10-16(3,4)5)13-8-7-12(2)14(17)11-13/h7-8,11,15,18H,6,9-10H2,1-5H3. The second-order valence-corrected chi connectivity index (χ2v) is 7.07. The van der Waals surface area contributed by atoms with E-state index in [0.29, 0.717) is 11.5 Å². The van der Waals surface area contributed by atoms with Crippen LogP contribution in [0.3, 0.4) is 0 Å². The minimum Gasteiger partial charge on any atom is -0.310 e. The molecule has 0 aliphatic carbocycles. The highest BCUT2D eigenvalue weighted by Crippen LogP contribution is 2.29. The summed E-state index contributed by atoms with van der Waals surface area (Å²) < 4.78 is 1.21. The smallest absolute Gasteiger partial charge is 0.0320 e. The second-order valence-electron chi connectivity index (χ2n) is 6.22. The third-order valence-electron chi connectivity index (χ3n) is 3.23. The molecule has 0 aliphatic heterocycles. The third-order valence-corrected chi connectivity index (χ3v) is 4.09. The van der Waals surface area contributed by atoms with Crippen molar-refractivity contribution >= 4 is 15.9 Å². The number of nitrogens with one attached hydrogen (secondary N) is 1. The van der Waals surface area contributed by atoms with Crippen LogP contribution in [0, 0.1) is 12.3 Å². The summed E-state index contributed by atoms with van der Waals surface area (Å²) in [6, 6.07) is 7.16. The van der Waals surface area contributed by atoms with E-state index in [2.05, 4.69) is 74.1 Å². The number of aryl methyl sites for hydroxylation is 1. The molecular weight excluding hydrogens is 286 g/mol. The molecular formula is C16H26BrN. The van der Waals surface area contributed by atoms with Gasteiger partial charge in [0.2, 0.25) is 0 Å². The molecule has 0 amide bonds. The van der Waals surface area contributed by atoms with Gasteiger partial charge in [-0.1, -0.05) is 55.8 Å². The van der Waals surface area contributed by atoms with E-state index < -0.39 is 0 Å². The van der Waals surface area contributed by atoms with E-state index in [9.17, 15) is 0 Å². The van der Waals surface area contributed by atoms with Gasteiger partial charge in [0.1, 0.15) is 0 Å². The SMILES string of the molecule is CCNC(CCC(C)(C)C)c1ccc(C)c(Br)c1. The molecule has 1 rings (SSSR count). The van der Waals surface area contributed by atoms with Crippen molar-refractivity contribution < 1.29 is 0 Å². The lowest BCUT2D eigenvalue weighted by atomic mass is 9.87. The first kappa shape index (κ1) is 15.7. The Morgan fingerprint density at radius 3 is 2.44 bits per heavy atom. The van der Waals surface area contributed by atoms with Gasteiger partial charge < -0.3 is 5.32 Å². The van der Waals surface area contributed by atoms with E-state index in [1.807, 2.05) is 0 Å². The van der Waals surface area contributed by atoms with E-state index in [-0.39, 0.29) is 0 Å². The molecule has 0 aromatic heterocycles. The summed E-state index contributed by atoms with van der Waals surface area (Å²) in [4.78, 5) is 0. The van der Waals surface area contributed by atoms with Crippen LogP contribution >= 0.6 is 15.9 Å². The predicted molar refractivity (Wildman–Crippen MR) is 84.0 cm³/mol. The van der Waals surface area contributed by atoms with Gasteiger partial charge in [-0.3, -0.25) is 0 Å². The lowest BCUT2D eigenvalue weighted by Gasteiger charge is -2.24. The monoisotopic (exact) mass is 311 g/mol. The van der Waals surface area contributed by atoms with Crippen LogP contribution < -0.4 is 5.32 Å². The van der Waals surface area contributed by atoms with E-state index in [1.54, 1.807) is 0 Å². The molecule has 2 heteroatoms. The first-order valence-corrected chi connectivity index (χ1v) is 7.62. The molecule has 0 saturated heterocycles. The summed E-state index contributed by atoms with van der Waals surface area (Å²) in [5.74, 6) is 0. The zero-order valence-corrected chi connectivity index (χ0v) is 13.9. The summed E-state index contributed by atoms with van der Waals surface area (Å²) in [7, 11) is 0. The highest BCUT2D eigenvalue weighted by Gasteiger charge is 2.16. The van der Waals surface area contributed by atoms with Crippen molar-refractivity contribution in [1.29, 1.82) is 0 Å². The first-order valence-electron chi connectivity index (χ1n) is 6.83. The first-order chi connectivity index (χ1) is 8.33. The molecule has 18 heavy (non-hydrogen) atoms. The van der Waals surface area contributed by atoms with Crippen molar-refractivity contribution in [1.82, 2.24) is 5.32 Å². The highest BCUT2D eigenvalue weighted by molar-refractivity contribution is 9.10. The van der Waals surface area contributed by atoms with E-state index >= 15 is 0 Å². The summed E-state index contributed by atoms with van der Waals surface area (Å²) in [6.07, 6.45) is 2.42. The van der Waals surface area contributed by atoms with Crippen molar-refractivity contribution in [2.24, 2.45) is 5.41 Å². The number of halogens is 1. The molecule has 1 nitrogen and oxygen atoms in total. The van der Waals surface area contributed by atoms with Gasteiger partial charge in [0.15, 0.2) is 0 Å². The Hall–Kier alpha value is -0.340. The Labute approximate surface area is 120 Å². The van der Waals surface area contributed by atoms with Crippen LogP contribution in [0.15, 0.2) is 22.7 Å². The molecule has 1 aromatic rings. The fourth-order valence-corrected chi connectivity index (χ4v) is 2.43. The van der Waals surface area contributed by atoms with Gasteiger partial charge in [-0.2, -0.15) is 0 Å². The van der Waals surface area contributed by atoms with Gasteiger partial charge >= 0.3 is 0 Å². The molecule has 0 radical (unpaired) electrons. The van der Waals surface area contributed by atoms with Crippen molar-refractivity contribution in [3.63, 3.8) is 0 Å². The van der Waals surface area contributed by atoms with Crippen LogP contribution in [0.5, 0.6) is 0 Å². The minimum atomic E-state index is 0.398. The lowest BCUT2D eigenvalue weighted by Crippen LogP contribution is -2.22. The third kappa shape index (κ3) is 5.11. The van der Waals surface area contributed by atoms with E-state index in [0.717, 1.165) is 6.54 Å². The van der Waals surface area contributed by atoms with Crippen LogP contribution in [0.25, 0.3) is 0 Å². The lowest BCUT2D eigenvalue weighted by molar-refractivity contribution is 0.334. The molecule has 0 aliphatic rings. The molecule has 0 heterocycles. The topological polar surface area (TPSA) is 12.0 Å². The van der Waals surface area contributed by atoms with Gasteiger partial charge in [-0.25, -0.2) is 0 Å². The summed E-state index contributed by atoms with van der Waals surface area (Å²) in [5, 5.41) is 3.60. The summed E-state index contributed by atoms with van der Waals surface area (Å²) >= 11 is 3.63. The Morgan fingerprint density at radius 2 is 1.94 bits per heavy atom. The molecule has 1 aromatic carbocycles. The molecule has 1 unspecified atom stereocenters. The Morgan fingerprint density at radius 1 is 1.28 bits per heavy atom. The maximum Gasteiger partial charge on any atom is 0.0320 e. The number of hydrogen-bond acceptors (Lipinski definition) is 1. The van der Waals surface area contributed by atoms with Gasteiger partial charge in [0.05, 0.1) is 0 Å². The Bertz CT molecular complexity index is 379. The molecule has 0 spiro atoms. The predicted octanol–water partition coefficient (Wildman–Crippen LogP) is 5.23. The Balaban J connectivity index is 2.80. The van der Waals surface area contributed by atoms with Crippen LogP contribution in [-0.2, 0) is 0 Å². The van der Waals surface area contributed by atoms with Gasteiger partial charge in [0.25, 0.3) is 0 Å². The Kier molecular flexibility index (Phi) is 5.87. The molecule has 1 atom stereocenters. The summed E-state index contributed by atoms with van der Waals surface area (Å²) in [6.45, 7) is 12.2. The normalized spacial score (nSPS) is 13.7. The van der Waals surface area contributed by atoms with Crippen molar-refractivity contribution in [2.45, 2.75) is 53.5 Å². The van der Waals surface area contributed by atoms with Gasteiger partial charge in [-0.15, -0.1) is 0 Å². The highest BCUT2D eigenvalue weighted by atomic mass is 79.9. The van der Waals surface area contributed by atoms with Gasteiger partial charge in [-0.05, 0) is 48.9 Å². The van der Waals surface area contributed by atoms with Crippen molar-refractivity contribution in [3.8, 4) is 0 Å². The maximum absolute atomic E-state index is 3.63. The van der Waals surface area contributed by atoms with Crippen LogP contribution in [0.1, 0.15) is 57.7 Å². The number of rotatable bonds is 5. The van der Waals surface area contributed by atoms with Crippen molar-refractivity contribution in [2.75, 3.05) is 6.54 Å². The average molecular weight is 312 g/mol. The summed E-state index contributed by atoms with van der Waals surface area (Å²) in [5.41, 5.74) is 3.08. The minimum absolute atomic E-state index is 0.398.